The molecule has 0 atom stereocenters. The van der Waals surface area contributed by atoms with Gasteiger partial charge in [-0.1, -0.05) is 48.4 Å². The van der Waals surface area contributed by atoms with Crippen molar-refractivity contribution >= 4 is 33.0 Å². The molecule has 0 saturated carbocycles. The zero-order valence-corrected chi connectivity index (χ0v) is 19.5. The summed E-state index contributed by atoms with van der Waals surface area (Å²) < 4.78 is 13.3. The van der Waals surface area contributed by atoms with Crippen LogP contribution in [0.15, 0.2) is 81.1 Å². The first-order valence-corrected chi connectivity index (χ1v) is 11.1. The fraction of sp³-hybridized carbons (Fsp3) is 0.115. The van der Waals surface area contributed by atoms with Crippen molar-refractivity contribution < 1.29 is 9.47 Å². The Bertz CT molecular complexity index is 1420. The number of benzene rings is 3. The lowest BCUT2D eigenvalue weighted by Gasteiger charge is -2.13. The Hall–Kier alpha value is -3.89. The van der Waals surface area contributed by atoms with E-state index in [4.69, 9.17) is 20.9 Å². The van der Waals surface area contributed by atoms with E-state index in [0.29, 0.717) is 44.9 Å². The summed E-state index contributed by atoms with van der Waals surface area (Å²) in [4.78, 5) is 18.0. The molecule has 7 heteroatoms. The second-order valence-corrected chi connectivity index (χ2v) is 7.79. The van der Waals surface area contributed by atoms with Crippen molar-refractivity contribution in [3.8, 4) is 35.2 Å². The maximum atomic E-state index is 13.3. The Morgan fingerprint density at radius 2 is 1.88 bits per heavy atom. The molecule has 0 aliphatic rings. The van der Waals surface area contributed by atoms with Crippen LogP contribution >= 0.6 is 15.9 Å². The fourth-order valence-corrected chi connectivity index (χ4v) is 3.88. The Labute approximate surface area is 199 Å². The van der Waals surface area contributed by atoms with E-state index in [1.54, 1.807) is 18.3 Å². The van der Waals surface area contributed by atoms with E-state index in [2.05, 4.69) is 27.0 Å². The second-order valence-electron chi connectivity index (χ2n) is 6.94. The van der Waals surface area contributed by atoms with Crippen molar-refractivity contribution in [2.75, 3.05) is 13.2 Å². The minimum atomic E-state index is -0.256. The first-order valence-electron chi connectivity index (χ1n) is 10.3. The van der Waals surface area contributed by atoms with Crippen LogP contribution in [0.2, 0.25) is 0 Å². The van der Waals surface area contributed by atoms with Gasteiger partial charge in [-0.25, -0.2) is 4.98 Å². The molecule has 4 aromatic rings. The number of para-hydroxylation sites is 1. The minimum absolute atomic E-state index is 0.116. The van der Waals surface area contributed by atoms with Crippen LogP contribution in [-0.2, 0) is 0 Å². The number of terminal acetylenes is 1. The quantitative estimate of drug-likeness (QED) is 0.260. The average Bonchev–Trinajstić information content (AvgIpc) is 2.83. The van der Waals surface area contributed by atoms with Crippen LogP contribution in [0.5, 0.6) is 11.5 Å². The Balaban J connectivity index is 1.84. The van der Waals surface area contributed by atoms with Crippen molar-refractivity contribution in [3.05, 3.63) is 87.1 Å². The highest BCUT2D eigenvalue weighted by atomic mass is 79.9. The summed E-state index contributed by atoms with van der Waals surface area (Å²) in [7, 11) is 0. The van der Waals surface area contributed by atoms with Crippen molar-refractivity contribution in [3.63, 3.8) is 0 Å². The third-order valence-electron chi connectivity index (χ3n) is 4.74. The molecule has 33 heavy (non-hydrogen) atoms. The molecule has 0 N–H and O–H groups in total. The van der Waals surface area contributed by atoms with E-state index >= 15 is 0 Å². The molecule has 1 aromatic heterocycles. The van der Waals surface area contributed by atoms with Crippen LogP contribution in [-0.4, -0.2) is 29.1 Å². The standard InChI is InChI=1S/C26H20BrN3O3/c1-3-14-33-24-21(27)15-18(16-23(24)32-4-2)17-28-30-25(19-10-6-5-7-11-19)29-22-13-9-8-12-20(22)26(30)31/h1,5-13,15-17H,4,14H2,2H3. The molecule has 4 rings (SSSR count). The molecule has 164 valence electrons. The second kappa shape index (κ2) is 10.2. The average molecular weight is 502 g/mol. The third kappa shape index (κ3) is 4.81. The van der Waals surface area contributed by atoms with Crippen LogP contribution in [0, 0.1) is 12.3 Å². The number of ether oxygens (including phenoxy) is 2. The topological polar surface area (TPSA) is 65.7 Å². The van der Waals surface area contributed by atoms with Crippen LogP contribution in [0.25, 0.3) is 22.3 Å². The van der Waals surface area contributed by atoms with Gasteiger partial charge in [-0.2, -0.15) is 9.78 Å². The molecule has 0 aliphatic heterocycles. The predicted octanol–water partition coefficient (Wildman–Crippen LogP) is 5.12. The molecule has 0 aliphatic carbocycles. The smallest absolute Gasteiger partial charge is 0.282 e. The molecule has 0 amide bonds. The monoisotopic (exact) mass is 501 g/mol. The molecule has 0 radical (unpaired) electrons. The van der Waals surface area contributed by atoms with E-state index in [1.807, 2.05) is 61.5 Å². The maximum Gasteiger partial charge on any atom is 0.282 e. The van der Waals surface area contributed by atoms with E-state index in [9.17, 15) is 4.79 Å². The van der Waals surface area contributed by atoms with Crippen LogP contribution in [0.3, 0.4) is 0 Å². The fourth-order valence-electron chi connectivity index (χ4n) is 3.31. The Morgan fingerprint density at radius 1 is 1.12 bits per heavy atom. The molecule has 6 nitrogen and oxygen atoms in total. The van der Waals surface area contributed by atoms with Gasteiger partial charge < -0.3 is 9.47 Å². The van der Waals surface area contributed by atoms with Crippen LogP contribution in [0.1, 0.15) is 12.5 Å². The molecule has 1 heterocycles. The highest BCUT2D eigenvalue weighted by Crippen LogP contribution is 2.36. The number of fused-ring (bicyclic) bond motifs is 1. The molecule has 3 aromatic carbocycles. The normalized spacial score (nSPS) is 10.9. The summed E-state index contributed by atoms with van der Waals surface area (Å²) in [5, 5.41) is 4.99. The van der Waals surface area contributed by atoms with Gasteiger partial charge in [0, 0.05) is 5.56 Å². The highest BCUT2D eigenvalue weighted by Gasteiger charge is 2.14. The molecule has 0 spiro atoms. The summed E-state index contributed by atoms with van der Waals surface area (Å²) in [6.45, 7) is 2.45. The zero-order chi connectivity index (χ0) is 23.2. The van der Waals surface area contributed by atoms with Gasteiger partial charge in [-0.3, -0.25) is 4.79 Å². The SMILES string of the molecule is C#CCOc1c(Br)cc(C=Nn2c(-c3ccccc3)nc3ccccc3c2=O)cc1OCC. The first kappa shape index (κ1) is 22.3. The first-order chi connectivity index (χ1) is 16.1. The van der Waals surface area contributed by atoms with E-state index in [1.165, 1.54) is 4.68 Å². The number of halogens is 1. The zero-order valence-electron chi connectivity index (χ0n) is 17.9. The summed E-state index contributed by atoms with van der Waals surface area (Å²) >= 11 is 3.51. The lowest BCUT2D eigenvalue weighted by atomic mass is 10.2. The molecule has 0 fully saturated rings. The minimum Gasteiger partial charge on any atom is -0.490 e. The van der Waals surface area contributed by atoms with E-state index in [-0.39, 0.29) is 12.2 Å². The number of nitrogens with zero attached hydrogens (tertiary/aromatic N) is 3. The Morgan fingerprint density at radius 3 is 2.64 bits per heavy atom. The molecular formula is C26H20BrN3O3. The number of aromatic nitrogens is 2. The molecule has 0 bridgehead atoms. The largest absolute Gasteiger partial charge is 0.490 e. The number of hydrogen-bond acceptors (Lipinski definition) is 5. The summed E-state index contributed by atoms with van der Waals surface area (Å²) in [5.41, 5.74) is 1.85. The van der Waals surface area contributed by atoms with Gasteiger partial charge >= 0.3 is 0 Å². The predicted molar refractivity (Wildman–Crippen MR) is 134 cm³/mol. The lowest BCUT2D eigenvalue weighted by molar-refractivity contribution is 0.298. The van der Waals surface area contributed by atoms with Gasteiger partial charge in [0.1, 0.15) is 6.61 Å². The summed E-state index contributed by atoms with van der Waals surface area (Å²) in [6.07, 6.45) is 6.90. The van der Waals surface area contributed by atoms with Crippen LogP contribution in [0.4, 0.5) is 0 Å². The number of rotatable bonds is 7. The van der Waals surface area contributed by atoms with Crippen molar-refractivity contribution in [1.82, 2.24) is 9.66 Å². The van der Waals surface area contributed by atoms with Gasteiger partial charge in [0.2, 0.25) is 0 Å². The van der Waals surface area contributed by atoms with Crippen molar-refractivity contribution in [2.45, 2.75) is 6.92 Å². The highest BCUT2D eigenvalue weighted by molar-refractivity contribution is 9.10. The van der Waals surface area contributed by atoms with E-state index in [0.717, 1.165) is 5.56 Å². The molecule has 0 unspecified atom stereocenters. The summed E-state index contributed by atoms with van der Waals surface area (Å²) in [6, 6.07) is 20.3. The van der Waals surface area contributed by atoms with E-state index < -0.39 is 0 Å². The van der Waals surface area contributed by atoms with Crippen molar-refractivity contribution in [2.24, 2.45) is 5.10 Å². The van der Waals surface area contributed by atoms with Gasteiger partial charge in [0.15, 0.2) is 17.3 Å². The van der Waals surface area contributed by atoms with Gasteiger partial charge in [0.05, 0.1) is 28.2 Å². The Kier molecular flexibility index (Phi) is 6.86. The maximum absolute atomic E-state index is 13.3. The van der Waals surface area contributed by atoms with Gasteiger partial charge in [0.25, 0.3) is 5.56 Å². The van der Waals surface area contributed by atoms with Crippen LogP contribution < -0.4 is 15.0 Å². The van der Waals surface area contributed by atoms with Crippen molar-refractivity contribution in [1.29, 1.82) is 0 Å². The summed E-state index contributed by atoms with van der Waals surface area (Å²) in [5.74, 6) is 3.94. The molecular weight excluding hydrogens is 482 g/mol. The van der Waals surface area contributed by atoms with Gasteiger partial charge in [-0.15, -0.1) is 6.42 Å². The lowest BCUT2D eigenvalue weighted by Crippen LogP contribution is -2.20. The number of hydrogen-bond donors (Lipinski definition) is 0. The van der Waals surface area contributed by atoms with Gasteiger partial charge in [-0.05, 0) is 52.7 Å². The third-order valence-corrected chi connectivity index (χ3v) is 5.33. The molecule has 0 saturated heterocycles.